The first-order valence-corrected chi connectivity index (χ1v) is 7.73. The Bertz CT molecular complexity index is 704. The van der Waals surface area contributed by atoms with Gasteiger partial charge in [0.05, 0.1) is 7.11 Å². The van der Waals surface area contributed by atoms with Gasteiger partial charge in [0, 0.05) is 12.6 Å². The maximum atomic E-state index is 12.6. The van der Waals surface area contributed by atoms with Crippen molar-refractivity contribution < 1.29 is 23.8 Å². The third-order valence-electron chi connectivity index (χ3n) is 3.85. The predicted octanol–water partition coefficient (Wildman–Crippen LogP) is 3.08. The Kier molecular flexibility index (Phi) is 5.63. The summed E-state index contributed by atoms with van der Waals surface area (Å²) in [7, 11) is 1.61. The van der Waals surface area contributed by atoms with Gasteiger partial charge in [0.1, 0.15) is 5.75 Å². The molecule has 2 aromatic rings. The van der Waals surface area contributed by atoms with E-state index in [-0.39, 0.29) is 23.5 Å². The molecule has 1 aromatic carbocycles. The molecular weight excluding hydrogens is 310 g/mol. The number of amides is 1. The van der Waals surface area contributed by atoms with E-state index >= 15 is 0 Å². The molecular formula is C18H21NO5. The summed E-state index contributed by atoms with van der Waals surface area (Å²) in [5.74, 6) is -0.922. The van der Waals surface area contributed by atoms with Gasteiger partial charge >= 0.3 is 5.97 Å². The maximum absolute atomic E-state index is 12.6. The molecule has 6 nitrogen and oxygen atoms in total. The molecule has 0 saturated carbocycles. The topological polar surface area (TPSA) is 80.0 Å². The molecule has 24 heavy (non-hydrogen) atoms. The van der Waals surface area contributed by atoms with Gasteiger partial charge < -0.3 is 19.2 Å². The summed E-state index contributed by atoms with van der Waals surface area (Å²) in [6.07, 6.45) is 0.677. The first kappa shape index (κ1) is 17.6. The van der Waals surface area contributed by atoms with Crippen LogP contribution >= 0.6 is 0 Å². The summed E-state index contributed by atoms with van der Waals surface area (Å²) in [5, 5.41) is 8.89. The Morgan fingerprint density at radius 1 is 1.17 bits per heavy atom. The van der Waals surface area contributed by atoms with E-state index in [2.05, 4.69) is 0 Å². The van der Waals surface area contributed by atoms with Crippen LogP contribution < -0.4 is 4.74 Å². The molecule has 1 aromatic heterocycles. The third-order valence-corrected chi connectivity index (χ3v) is 3.85. The Labute approximate surface area is 140 Å². The van der Waals surface area contributed by atoms with Crippen LogP contribution in [-0.2, 0) is 6.42 Å². The molecule has 0 aliphatic heterocycles. The number of hydrogen-bond donors (Lipinski definition) is 1. The minimum Gasteiger partial charge on any atom is -0.497 e. The first-order chi connectivity index (χ1) is 11.5. The average molecular weight is 331 g/mol. The summed E-state index contributed by atoms with van der Waals surface area (Å²) in [4.78, 5) is 25.1. The van der Waals surface area contributed by atoms with Gasteiger partial charge in [0.15, 0.2) is 5.76 Å². The summed E-state index contributed by atoms with van der Waals surface area (Å²) in [6.45, 7) is 4.33. The molecule has 1 heterocycles. The van der Waals surface area contributed by atoms with Gasteiger partial charge in [0.25, 0.3) is 5.91 Å². The number of carbonyl (C=O) groups is 2. The van der Waals surface area contributed by atoms with Crippen molar-refractivity contribution in [1.82, 2.24) is 4.90 Å². The number of benzene rings is 1. The zero-order valence-corrected chi connectivity index (χ0v) is 14.0. The van der Waals surface area contributed by atoms with Crippen LogP contribution in [0.2, 0.25) is 0 Å². The SMILES string of the molecule is CCN(C(=O)c1ccc(C(=O)O)o1)C(C)Cc1ccc(OC)cc1. The number of likely N-dealkylation sites (N-methyl/N-ethyl adjacent to an activating group) is 1. The lowest BCUT2D eigenvalue weighted by atomic mass is 10.1. The van der Waals surface area contributed by atoms with Gasteiger partial charge in [0.2, 0.25) is 5.76 Å². The maximum Gasteiger partial charge on any atom is 0.371 e. The van der Waals surface area contributed by atoms with E-state index in [1.807, 2.05) is 38.1 Å². The molecule has 1 atom stereocenters. The number of carbonyl (C=O) groups excluding carboxylic acids is 1. The number of methoxy groups -OCH3 is 1. The fraction of sp³-hybridized carbons (Fsp3) is 0.333. The summed E-state index contributed by atoms with van der Waals surface area (Å²) < 4.78 is 10.2. The molecule has 2 rings (SSSR count). The molecule has 1 N–H and O–H groups in total. The molecule has 6 heteroatoms. The highest BCUT2D eigenvalue weighted by molar-refractivity contribution is 5.93. The molecule has 0 fully saturated rings. The van der Waals surface area contributed by atoms with Crippen molar-refractivity contribution in [2.75, 3.05) is 13.7 Å². The Hall–Kier alpha value is -2.76. The smallest absolute Gasteiger partial charge is 0.371 e. The van der Waals surface area contributed by atoms with E-state index in [4.69, 9.17) is 14.3 Å². The zero-order chi connectivity index (χ0) is 17.7. The fourth-order valence-electron chi connectivity index (χ4n) is 2.58. The standard InChI is InChI=1S/C18H21NO5/c1-4-19(17(20)15-9-10-16(24-15)18(21)22)12(2)11-13-5-7-14(23-3)8-6-13/h5-10,12H,4,11H2,1-3H3,(H,21,22). The number of aromatic carboxylic acids is 1. The fourth-order valence-corrected chi connectivity index (χ4v) is 2.58. The van der Waals surface area contributed by atoms with E-state index in [0.717, 1.165) is 11.3 Å². The summed E-state index contributed by atoms with van der Waals surface area (Å²) in [6, 6.07) is 10.3. The van der Waals surface area contributed by atoms with Crippen LogP contribution in [-0.4, -0.2) is 41.6 Å². The number of nitrogens with zero attached hydrogens (tertiary/aromatic N) is 1. The van der Waals surface area contributed by atoms with Gasteiger partial charge in [-0.1, -0.05) is 12.1 Å². The largest absolute Gasteiger partial charge is 0.497 e. The lowest BCUT2D eigenvalue weighted by Crippen LogP contribution is -2.39. The number of hydrogen-bond acceptors (Lipinski definition) is 4. The van der Waals surface area contributed by atoms with Crippen LogP contribution in [0.25, 0.3) is 0 Å². The van der Waals surface area contributed by atoms with Crippen molar-refractivity contribution >= 4 is 11.9 Å². The normalized spacial score (nSPS) is 11.8. The number of rotatable bonds is 7. The third kappa shape index (κ3) is 3.95. The van der Waals surface area contributed by atoms with Crippen molar-refractivity contribution in [3.63, 3.8) is 0 Å². The molecule has 0 aliphatic rings. The monoisotopic (exact) mass is 331 g/mol. The van der Waals surface area contributed by atoms with Crippen molar-refractivity contribution in [3.05, 3.63) is 53.5 Å². The lowest BCUT2D eigenvalue weighted by molar-refractivity contribution is 0.0635. The van der Waals surface area contributed by atoms with E-state index in [1.165, 1.54) is 12.1 Å². The van der Waals surface area contributed by atoms with Crippen molar-refractivity contribution in [3.8, 4) is 5.75 Å². The van der Waals surface area contributed by atoms with Gasteiger partial charge in [-0.15, -0.1) is 0 Å². The lowest BCUT2D eigenvalue weighted by Gasteiger charge is -2.27. The summed E-state index contributed by atoms with van der Waals surface area (Å²) in [5.41, 5.74) is 1.08. The minimum absolute atomic E-state index is 0.0378. The van der Waals surface area contributed by atoms with Gasteiger partial charge in [-0.25, -0.2) is 4.79 Å². The van der Waals surface area contributed by atoms with E-state index in [0.29, 0.717) is 13.0 Å². The van der Waals surface area contributed by atoms with E-state index in [1.54, 1.807) is 12.0 Å². The summed E-state index contributed by atoms with van der Waals surface area (Å²) >= 11 is 0. The average Bonchev–Trinajstić information content (AvgIpc) is 3.06. The molecule has 1 unspecified atom stereocenters. The molecule has 0 spiro atoms. The zero-order valence-electron chi connectivity index (χ0n) is 14.0. The van der Waals surface area contributed by atoms with Gasteiger partial charge in [-0.2, -0.15) is 0 Å². The Morgan fingerprint density at radius 3 is 2.29 bits per heavy atom. The number of furan rings is 1. The van der Waals surface area contributed by atoms with Gasteiger partial charge in [-0.05, 0) is 50.1 Å². The van der Waals surface area contributed by atoms with E-state index < -0.39 is 5.97 Å². The van der Waals surface area contributed by atoms with Crippen LogP contribution in [0.5, 0.6) is 5.75 Å². The van der Waals surface area contributed by atoms with Gasteiger partial charge in [-0.3, -0.25) is 4.79 Å². The highest BCUT2D eigenvalue weighted by atomic mass is 16.5. The molecule has 128 valence electrons. The van der Waals surface area contributed by atoms with Crippen LogP contribution in [0, 0.1) is 0 Å². The number of carboxylic acids is 1. The van der Waals surface area contributed by atoms with Crippen molar-refractivity contribution in [2.45, 2.75) is 26.3 Å². The second-order valence-corrected chi connectivity index (χ2v) is 5.46. The predicted molar refractivity (Wildman–Crippen MR) is 88.5 cm³/mol. The molecule has 1 amide bonds. The highest BCUT2D eigenvalue weighted by Crippen LogP contribution is 2.17. The Morgan fingerprint density at radius 2 is 1.79 bits per heavy atom. The number of ether oxygens (including phenoxy) is 1. The highest BCUT2D eigenvalue weighted by Gasteiger charge is 2.24. The quantitative estimate of drug-likeness (QED) is 0.843. The first-order valence-electron chi connectivity index (χ1n) is 7.73. The van der Waals surface area contributed by atoms with Crippen molar-refractivity contribution in [2.24, 2.45) is 0 Å². The second kappa shape index (κ2) is 7.68. The molecule has 0 saturated heterocycles. The molecule has 0 bridgehead atoms. The van der Waals surface area contributed by atoms with Crippen LogP contribution in [0.15, 0.2) is 40.8 Å². The van der Waals surface area contributed by atoms with E-state index in [9.17, 15) is 9.59 Å². The van der Waals surface area contributed by atoms with Crippen LogP contribution in [0.3, 0.4) is 0 Å². The molecule has 0 radical (unpaired) electrons. The molecule has 0 aliphatic carbocycles. The second-order valence-electron chi connectivity index (χ2n) is 5.46. The van der Waals surface area contributed by atoms with Crippen LogP contribution in [0.4, 0.5) is 0 Å². The van der Waals surface area contributed by atoms with Crippen molar-refractivity contribution in [1.29, 1.82) is 0 Å². The minimum atomic E-state index is -1.19. The van der Waals surface area contributed by atoms with Crippen LogP contribution in [0.1, 0.15) is 40.5 Å². The Balaban J connectivity index is 2.10. The number of carboxylic acid groups (broad SMARTS) is 1.